The number of hydrogen-bond donors (Lipinski definition) is 1. The number of fused-ring (bicyclic) bond motifs is 3. The molecule has 0 saturated carbocycles. The molecule has 2 N–H and O–H groups in total. The molecule has 110 valence electrons. The van der Waals surface area contributed by atoms with Gasteiger partial charge in [-0.3, -0.25) is 9.88 Å². The van der Waals surface area contributed by atoms with Crippen LogP contribution in [0.5, 0.6) is 0 Å². The second-order valence-electron chi connectivity index (χ2n) is 6.43. The number of halogens is 1. The molecule has 3 heterocycles. The van der Waals surface area contributed by atoms with Crippen molar-refractivity contribution in [3.05, 3.63) is 41.8 Å². The molecule has 0 spiro atoms. The zero-order valence-electron chi connectivity index (χ0n) is 12.0. The van der Waals surface area contributed by atoms with Gasteiger partial charge in [0.1, 0.15) is 5.82 Å². The van der Waals surface area contributed by atoms with Gasteiger partial charge in [0.2, 0.25) is 0 Å². The van der Waals surface area contributed by atoms with Crippen LogP contribution in [0, 0.1) is 5.82 Å². The Morgan fingerprint density at radius 3 is 2.76 bits per heavy atom. The maximum Gasteiger partial charge on any atom is 0.124 e. The monoisotopic (exact) mass is 285 g/mol. The maximum absolute atomic E-state index is 13.9. The van der Waals surface area contributed by atoms with Crippen molar-refractivity contribution in [1.29, 1.82) is 0 Å². The molecule has 4 heteroatoms. The minimum atomic E-state index is -0.174. The topological polar surface area (TPSA) is 42.1 Å². The Bertz CT molecular complexity index is 658. The third-order valence-corrected chi connectivity index (χ3v) is 5.02. The van der Waals surface area contributed by atoms with Crippen molar-refractivity contribution in [2.45, 2.75) is 50.4 Å². The van der Waals surface area contributed by atoms with E-state index in [-0.39, 0.29) is 5.82 Å². The fourth-order valence-electron chi connectivity index (χ4n) is 4.12. The number of nitrogens with two attached hydrogens (primary N) is 1. The van der Waals surface area contributed by atoms with Crippen molar-refractivity contribution >= 4 is 10.9 Å². The SMILES string of the molecule is NC1CC2CCC(C1)N2Cc1cc(F)cc2cccnc12. The number of hydrogen-bond acceptors (Lipinski definition) is 3. The third kappa shape index (κ3) is 2.32. The Balaban J connectivity index is 1.69. The van der Waals surface area contributed by atoms with E-state index in [2.05, 4.69) is 9.88 Å². The number of rotatable bonds is 2. The van der Waals surface area contributed by atoms with Gasteiger partial charge in [0.25, 0.3) is 0 Å². The summed E-state index contributed by atoms with van der Waals surface area (Å²) in [4.78, 5) is 6.98. The van der Waals surface area contributed by atoms with E-state index < -0.39 is 0 Å². The predicted octanol–water partition coefficient (Wildman–Crippen LogP) is 2.83. The highest BCUT2D eigenvalue weighted by Crippen LogP contribution is 2.36. The number of nitrogens with zero attached hydrogens (tertiary/aromatic N) is 2. The Labute approximate surface area is 124 Å². The third-order valence-electron chi connectivity index (χ3n) is 5.02. The first-order chi connectivity index (χ1) is 10.2. The van der Waals surface area contributed by atoms with Crippen LogP contribution >= 0.6 is 0 Å². The first kappa shape index (κ1) is 13.2. The molecule has 2 bridgehead atoms. The van der Waals surface area contributed by atoms with Gasteiger partial charge in [-0.1, -0.05) is 6.07 Å². The van der Waals surface area contributed by atoms with Gasteiger partial charge in [0, 0.05) is 36.3 Å². The number of piperidine rings is 1. The molecule has 1 aromatic carbocycles. The summed E-state index contributed by atoms with van der Waals surface area (Å²) < 4.78 is 13.9. The lowest BCUT2D eigenvalue weighted by atomic mass is 9.97. The highest BCUT2D eigenvalue weighted by atomic mass is 19.1. The number of aromatic nitrogens is 1. The zero-order chi connectivity index (χ0) is 14.4. The van der Waals surface area contributed by atoms with Crippen LogP contribution in [-0.2, 0) is 6.54 Å². The summed E-state index contributed by atoms with van der Waals surface area (Å²) >= 11 is 0. The summed E-state index contributed by atoms with van der Waals surface area (Å²) in [5, 5.41) is 0.883. The molecule has 4 rings (SSSR count). The van der Waals surface area contributed by atoms with Crippen LogP contribution in [0.15, 0.2) is 30.5 Å². The van der Waals surface area contributed by atoms with Crippen LogP contribution < -0.4 is 5.73 Å². The van der Waals surface area contributed by atoms with E-state index in [4.69, 9.17) is 5.73 Å². The molecule has 21 heavy (non-hydrogen) atoms. The minimum absolute atomic E-state index is 0.174. The molecule has 2 saturated heterocycles. The quantitative estimate of drug-likeness (QED) is 0.922. The van der Waals surface area contributed by atoms with E-state index in [9.17, 15) is 4.39 Å². The van der Waals surface area contributed by atoms with Crippen molar-refractivity contribution in [2.24, 2.45) is 5.73 Å². The molecule has 0 aliphatic carbocycles. The van der Waals surface area contributed by atoms with Crippen LogP contribution in [0.25, 0.3) is 10.9 Å². The van der Waals surface area contributed by atoms with Crippen molar-refractivity contribution in [3.63, 3.8) is 0 Å². The van der Waals surface area contributed by atoms with Gasteiger partial charge in [0.15, 0.2) is 0 Å². The number of pyridine rings is 1. The van der Waals surface area contributed by atoms with Crippen molar-refractivity contribution < 1.29 is 4.39 Å². The molecule has 2 aliphatic heterocycles. The maximum atomic E-state index is 13.9. The molecule has 0 amide bonds. The Morgan fingerprint density at radius 1 is 1.24 bits per heavy atom. The molecule has 2 aromatic rings. The average Bonchev–Trinajstić information content (AvgIpc) is 2.69. The Morgan fingerprint density at radius 2 is 2.00 bits per heavy atom. The highest BCUT2D eigenvalue weighted by Gasteiger charge is 2.39. The number of benzene rings is 1. The van der Waals surface area contributed by atoms with E-state index in [1.54, 1.807) is 18.3 Å². The van der Waals surface area contributed by atoms with E-state index in [1.165, 1.54) is 12.8 Å². The lowest BCUT2D eigenvalue weighted by Gasteiger charge is -2.37. The largest absolute Gasteiger partial charge is 0.328 e. The fraction of sp³-hybridized carbons (Fsp3) is 0.471. The molecular weight excluding hydrogens is 265 g/mol. The summed E-state index contributed by atoms with van der Waals surface area (Å²) in [6.45, 7) is 0.785. The Kier molecular flexibility index (Phi) is 3.16. The van der Waals surface area contributed by atoms with Crippen LogP contribution in [0.4, 0.5) is 4.39 Å². The van der Waals surface area contributed by atoms with Crippen LogP contribution in [-0.4, -0.2) is 28.0 Å². The standard InChI is InChI=1S/C17H20FN3/c18-13-6-11-2-1-5-20-17(11)12(7-13)10-21-15-3-4-16(21)9-14(19)8-15/h1-2,5-7,14-16H,3-4,8-10,19H2. The molecular formula is C17H20FN3. The highest BCUT2D eigenvalue weighted by molar-refractivity contribution is 5.81. The molecule has 3 nitrogen and oxygen atoms in total. The lowest BCUT2D eigenvalue weighted by Crippen LogP contribution is -2.46. The van der Waals surface area contributed by atoms with Gasteiger partial charge in [-0.25, -0.2) is 4.39 Å². The summed E-state index contributed by atoms with van der Waals surface area (Å²) in [5.74, 6) is -0.174. The van der Waals surface area contributed by atoms with Gasteiger partial charge < -0.3 is 5.73 Å². The van der Waals surface area contributed by atoms with E-state index in [0.717, 1.165) is 35.9 Å². The van der Waals surface area contributed by atoms with Crippen LogP contribution in [0.1, 0.15) is 31.2 Å². The zero-order valence-corrected chi connectivity index (χ0v) is 12.0. The lowest BCUT2D eigenvalue weighted by molar-refractivity contribution is 0.120. The van der Waals surface area contributed by atoms with Crippen LogP contribution in [0.3, 0.4) is 0 Å². The first-order valence-corrected chi connectivity index (χ1v) is 7.75. The van der Waals surface area contributed by atoms with Gasteiger partial charge in [-0.2, -0.15) is 0 Å². The summed E-state index contributed by atoms with van der Waals surface area (Å²) in [5.41, 5.74) is 8.05. The average molecular weight is 285 g/mol. The van der Waals surface area contributed by atoms with Crippen LogP contribution in [0.2, 0.25) is 0 Å². The van der Waals surface area contributed by atoms with Crippen molar-refractivity contribution in [2.75, 3.05) is 0 Å². The first-order valence-electron chi connectivity index (χ1n) is 7.75. The normalized spacial score (nSPS) is 29.1. The smallest absolute Gasteiger partial charge is 0.124 e. The molecule has 2 aliphatic rings. The summed E-state index contributed by atoms with van der Waals surface area (Å²) in [6.07, 6.45) is 6.36. The van der Waals surface area contributed by atoms with Gasteiger partial charge in [-0.05, 0) is 49.4 Å². The Hall–Kier alpha value is -1.52. The summed E-state index contributed by atoms with van der Waals surface area (Å²) in [6, 6.07) is 8.43. The minimum Gasteiger partial charge on any atom is -0.328 e. The van der Waals surface area contributed by atoms with Gasteiger partial charge in [0.05, 0.1) is 5.52 Å². The summed E-state index contributed by atoms with van der Waals surface area (Å²) in [7, 11) is 0. The van der Waals surface area contributed by atoms with Gasteiger partial charge >= 0.3 is 0 Å². The second kappa shape index (κ2) is 5.04. The molecule has 2 fully saturated rings. The van der Waals surface area contributed by atoms with Crippen molar-refractivity contribution in [3.8, 4) is 0 Å². The van der Waals surface area contributed by atoms with Gasteiger partial charge in [-0.15, -0.1) is 0 Å². The molecule has 2 atom stereocenters. The van der Waals surface area contributed by atoms with E-state index in [1.807, 2.05) is 12.1 Å². The van der Waals surface area contributed by atoms with Crippen molar-refractivity contribution in [1.82, 2.24) is 9.88 Å². The fourth-order valence-corrected chi connectivity index (χ4v) is 4.12. The second-order valence-corrected chi connectivity index (χ2v) is 6.43. The predicted molar refractivity (Wildman–Crippen MR) is 81.3 cm³/mol. The van der Waals surface area contributed by atoms with E-state index >= 15 is 0 Å². The molecule has 2 unspecified atom stereocenters. The molecule has 1 aromatic heterocycles. The molecule has 0 radical (unpaired) electrons. The van der Waals surface area contributed by atoms with E-state index in [0.29, 0.717) is 18.1 Å².